The summed E-state index contributed by atoms with van der Waals surface area (Å²) in [5.74, 6) is -0.528. The molecule has 0 saturated heterocycles. The summed E-state index contributed by atoms with van der Waals surface area (Å²) in [5.41, 5.74) is 0.128. The van der Waals surface area contributed by atoms with E-state index in [4.69, 9.17) is 0 Å². The maximum absolute atomic E-state index is 12.0. The number of phenols is 1. The second kappa shape index (κ2) is 4.62. The van der Waals surface area contributed by atoms with Gasteiger partial charge in [0.25, 0.3) is 0 Å². The Morgan fingerprint density at radius 1 is 1.33 bits per heavy atom. The maximum atomic E-state index is 12.0. The van der Waals surface area contributed by atoms with Gasteiger partial charge in [-0.25, -0.2) is 0 Å². The number of Topliss-reactive ketones (excluding diaryl/α,β-unsaturated/α-hetero) is 1. The van der Waals surface area contributed by atoms with Crippen molar-refractivity contribution in [3.63, 3.8) is 0 Å². The lowest BCUT2D eigenvalue weighted by Crippen LogP contribution is -2.19. The van der Waals surface area contributed by atoms with E-state index < -0.39 is 11.9 Å². The summed E-state index contributed by atoms with van der Waals surface area (Å²) >= 11 is 0. The molecular weight excluding hydrogens is 234 g/mol. The number of nitrogens with one attached hydrogen (secondary N) is 1. The number of H-pyrrole nitrogens is 1. The number of aromatic hydroxyl groups is 1. The van der Waals surface area contributed by atoms with E-state index >= 15 is 0 Å². The molecule has 0 spiro atoms. The standard InChI is InChI=1S/C13H13NO4/c1-2-9(15)13(18)8-3-5-10(16)12-7(8)4-6-11(17)14-12/h3-6,9,15-16H,2H2,1H3,(H,14,17). The summed E-state index contributed by atoms with van der Waals surface area (Å²) in [6, 6.07) is 5.51. The Hall–Kier alpha value is -2.14. The zero-order valence-electron chi connectivity index (χ0n) is 9.80. The van der Waals surface area contributed by atoms with E-state index in [0.29, 0.717) is 11.8 Å². The number of ketones is 1. The van der Waals surface area contributed by atoms with Crippen molar-refractivity contribution < 1.29 is 15.0 Å². The lowest BCUT2D eigenvalue weighted by Gasteiger charge is -2.10. The quantitative estimate of drug-likeness (QED) is 0.710. The van der Waals surface area contributed by atoms with Gasteiger partial charge in [0.05, 0.1) is 5.52 Å². The number of aliphatic hydroxyl groups is 1. The van der Waals surface area contributed by atoms with E-state index in [1.54, 1.807) is 6.92 Å². The number of hydrogen-bond acceptors (Lipinski definition) is 4. The highest BCUT2D eigenvalue weighted by Gasteiger charge is 2.18. The van der Waals surface area contributed by atoms with Gasteiger partial charge < -0.3 is 15.2 Å². The fourth-order valence-corrected chi connectivity index (χ4v) is 1.82. The van der Waals surface area contributed by atoms with Gasteiger partial charge in [0.1, 0.15) is 11.9 Å². The molecule has 5 heteroatoms. The maximum Gasteiger partial charge on any atom is 0.248 e. The first kappa shape index (κ1) is 12.3. The van der Waals surface area contributed by atoms with Gasteiger partial charge in [-0.15, -0.1) is 0 Å². The van der Waals surface area contributed by atoms with E-state index in [2.05, 4.69) is 4.98 Å². The van der Waals surface area contributed by atoms with Crippen LogP contribution >= 0.6 is 0 Å². The van der Waals surface area contributed by atoms with Gasteiger partial charge in [-0.2, -0.15) is 0 Å². The number of phenolic OH excluding ortho intramolecular Hbond substituents is 1. The third-order valence-electron chi connectivity index (χ3n) is 2.83. The Labute approximate surface area is 103 Å². The van der Waals surface area contributed by atoms with Crippen LogP contribution in [0.3, 0.4) is 0 Å². The third kappa shape index (κ3) is 2.00. The highest BCUT2D eigenvalue weighted by molar-refractivity contribution is 6.10. The minimum Gasteiger partial charge on any atom is -0.506 e. The van der Waals surface area contributed by atoms with E-state index in [1.165, 1.54) is 24.3 Å². The largest absolute Gasteiger partial charge is 0.506 e. The number of aliphatic hydroxyl groups excluding tert-OH is 1. The van der Waals surface area contributed by atoms with Gasteiger partial charge in [0.15, 0.2) is 5.78 Å². The zero-order valence-corrected chi connectivity index (χ0v) is 9.80. The Kier molecular flexibility index (Phi) is 3.16. The third-order valence-corrected chi connectivity index (χ3v) is 2.83. The van der Waals surface area contributed by atoms with Crippen molar-refractivity contribution >= 4 is 16.7 Å². The highest BCUT2D eigenvalue weighted by atomic mass is 16.3. The first-order valence-electron chi connectivity index (χ1n) is 5.62. The number of carbonyl (C=O) groups excluding carboxylic acids is 1. The van der Waals surface area contributed by atoms with Crippen LogP contribution in [0.15, 0.2) is 29.1 Å². The molecule has 0 fully saturated rings. The van der Waals surface area contributed by atoms with Crippen LogP contribution in [-0.2, 0) is 0 Å². The number of aromatic amines is 1. The van der Waals surface area contributed by atoms with Crippen molar-refractivity contribution in [2.45, 2.75) is 19.4 Å². The second-order valence-corrected chi connectivity index (χ2v) is 4.03. The van der Waals surface area contributed by atoms with E-state index in [-0.39, 0.29) is 22.4 Å². The smallest absolute Gasteiger partial charge is 0.248 e. The molecule has 18 heavy (non-hydrogen) atoms. The molecule has 1 aromatic heterocycles. The predicted molar refractivity (Wildman–Crippen MR) is 66.9 cm³/mol. The van der Waals surface area contributed by atoms with Crippen LogP contribution in [0.2, 0.25) is 0 Å². The SMILES string of the molecule is CCC(O)C(=O)c1ccc(O)c2[nH]c(=O)ccc12. The molecule has 0 aliphatic rings. The van der Waals surface area contributed by atoms with E-state index in [1.807, 2.05) is 0 Å². The number of fused-ring (bicyclic) bond motifs is 1. The van der Waals surface area contributed by atoms with E-state index in [0.717, 1.165) is 0 Å². The molecule has 1 aromatic carbocycles. The molecule has 0 amide bonds. The molecule has 1 heterocycles. The minimum absolute atomic E-state index is 0.106. The molecule has 0 aliphatic carbocycles. The number of carbonyl (C=O) groups is 1. The van der Waals surface area contributed by atoms with Gasteiger partial charge >= 0.3 is 0 Å². The average Bonchev–Trinajstić information content (AvgIpc) is 2.38. The monoisotopic (exact) mass is 247 g/mol. The van der Waals surface area contributed by atoms with Gasteiger partial charge in [0.2, 0.25) is 5.56 Å². The predicted octanol–water partition coefficient (Wildman–Crippen LogP) is 1.19. The summed E-state index contributed by atoms with van der Waals surface area (Å²) < 4.78 is 0. The Morgan fingerprint density at radius 2 is 2.06 bits per heavy atom. The van der Waals surface area contributed by atoms with Gasteiger partial charge in [0, 0.05) is 17.0 Å². The number of benzene rings is 1. The number of hydrogen-bond donors (Lipinski definition) is 3. The van der Waals surface area contributed by atoms with Crippen molar-refractivity contribution in [3.8, 4) is 5.75 Å². The van der Waals surface area contributed by atoms with E-state index in [9.17, 15) is 19.8 Å². The van der Waals surface area contributed by atoms with Crippen LogP contribution < -0.4 is 5.56 Å². The summed E-state index contributed by atoms with van der Waals surface area (Å²) in [6.45, 7) is 1.70. The fraction of sp³-hybridized carbons (Fsp3) is 0.231. The summed E-state index contributed by atoms with van der Waals surface area (Å²) in [5, 5.41) is 19.7. The molecule has 0 aliphatic heterocycles. The van der Waals surface area contributed by atoms with Gasteiger partial charge in [-0.3, -0.25) is 9.59 Å². The van der Waals surface area contributed by atoms with Crippen molar-refractivity contribution in [1.29, 1.82) is 0 Å². The van der Waals surface area contributed by atoms with Crippen LogP contribution in [0.5, 0.6) is 5.75 Å². The van der Waals surface area contributed by atoms with Crippen molar-refractivity contribution in [1.82, 2.24) is 4.98 Å². The average molecular weight is 247 g/mol. The zero-order chi connectivity index (χ0) is 13.3. The van der Waals surface area contributed by atoms with Gasteiger partial charge in [-0.1, -0.05) is 6.92 Å². The molecule has 5 nitrogen and oxygen atoms in total. The normalized spacial score (nSPS) is 12.6. The molecular formula is C13H13NO4. The van der Waals surface area contributed by atoms with Crippen molar-refractivity contribution in [3.05, 3.63) is 40.2 Å². The summed E-state index contributed by atoms with van der Waals surface area (Å²) in [4.78, 5) is 25.6. The molecule has 0 bridgehead atoms. The summed E-state index contributed by atoms with van der Waals surface area (Å²) in [6.07, 6.45) is -0.769. The number of aromatic nitrogens is 1. The first-order valence-corrected chi connectivity index (χ1v) is 5.62. The Bertz CT molecular complexity index is 660. The van der Waals surface area contributed by atoms with Crippen LogP contribution in [0, 0.1) is 0 Å². The molecule has 1 atom stereocenters. The topological polar surface area (TPSA) is 90.4 Å². The van der Waals surface area contributed by atoms with Crippen LogP contribution in [0.25, 0.3) is 10.9 Å². The minimum atomic E-state index is -1.08. The second-order valence-electron chi connectivity index (χ2n) is 4.03. The molecule has 2 rings (SSSR count). The number of pyridine rings is 1. The van der Waals surface area contributed by atoms with Gasteiger partial charge in [-0.05, 0) is 24.6 Å². The van der Waals surface area contributed by atoms with Crippen molar-refractivity contribution in [2.75, 3.05) is 0 Å². The Balaban J connectivity index is 2.70. The fourth-order valence-electron chi connectivity index (χ4n) is 1.82. The molecule has 2 aromatic rings. The first-order chi connectivity index (χ1) is 8.54. The molecule has 0 radical (unpaired) electrons. The van der Waals surface area contributed by atoms with Crippen LogP contribution in [0.4, 0.5) is 0 Å². The molecule has 0 saturated carbocycles. The Morgan fingerprint density at radius 3 is 2.72 bits per heavy atom. The molecule has 3 N–H and O–H groups in total. The lowest BCUT2D eigenvalue weighted by atomic mass is 9.99. The van der Waals surface area contributed by atoms with Crippen molar-refractivity contribution in [2.24, 2.45) is 0 Å². The highest BCUT2D eigenvalue weighted by Crippen LogP contribution is 2.25. The number of rotatable bonds is 3. The van der Waals surface area contributed by atoms with Crippen LogP contribution in [0.1, 0.15) is 23.7 Å². The molecule has 1 unspecified atom stereocenters. The summed E-state index contributed by atoms with van der Waals surface area (Å²) in [7, 11) is 0. The lowest BCUT2D eigenvalue weighted by molar-refractivity contribution is 0.0742. The van der Waals surface area contributed by atoms with Crippen LogP contribution in [-0.4, -0.2) is 27.1 Å². The molecule has 94 valence electrons.